The summed E-state index contributed by atoms with van der Waals surface area (Å²) in [4.78, 5) is 8.68. The lowest BCUT2D eigenvalue weighted by molar-refractivity contribution is 0.175. The SMILES string of the molecule is CC(C)c1nc(C2CCCCCN2Cc2nnn(C(C)(C)C)n2)no1. The Morgan fingerprint density at radius 3 is 2.64 bits per heavy atom. The molecular weight excluding hydrogens is 318 g/mol. The van der Waals surface area contributed by atoms with Crippen LogP contribution in [0.25, 0.3) is 0 Å². The Morgan fingerprint density at radius 2 is 2.00 bits per heavy atom. The molecule has 2 aromatic rings. The van der Waals surface area contributed by atoms with E-state index in [2.05, 4.69) is 65.1 Å². The number of nitrogens with zero attached hydrogens (tertiary/aromatic N) is 7. The van der Waals surface area contributed by atoms with E-state index in [1.165, 1.54) is 19.3 Å². The molecule has 3 heterocycles. The maximum Gasteiger partial charge on any atom is 0.229 e. The third kappa shape index (κ3) is 4.23. The van der Waals surface area contributed by atoms with Gasteiger partial charge in [0.05, 0.1) is 18.1 Å². The van der Waals surface area contributed by atoms with Crippen LogP contribution in [-0.4, -0.2) is 41.8 Å². The molecule has 0 bridgehead atoms. The number of hydrogen-bond donors (Lipinski definition) is 0. The van der Waals surface area contributed by atoms with E-state index in [4.69, 9.17) is 4.52 Å². The third-order valence-electron chi connectivity index (χ3n) is 4.51. The van der Waals surface area contributed by atoms with Gasteiger partial charge in [0.1, 0.15) is 0 Å². The second-order valence-corrected chi connectivity index (χ2v) is 8.15. The third-order valence-corrected chi connectivity index (χ3v) is 4.51. The van der Waals surface area contributed by atoms with Crippen LogP contribution >= 0.6 is 0 Å². The van der Waals surface area contributed by atoms with Crippen molar-refractivity contribution >= 4 is 0 Å². The summed E-state index contributed by atoms with van der Waals surface area (Å²) in [6.45, 7) is 12.0. The molecule has 0 aromatic carbocycles. The molecule has 0 amide bonds. The van der Waals surface area contributed by atoms with Gasteiger partial charge in [0.25, 0.3) is 0 Å². The molecule has 3 rings (SSSR count). The van der Waals surface area contributed by atoms with E-state index >= 15 is 0 Å². The summed E-state index contributed by atoms with van der Waals surface area (Å²) in [5.41, 5.74) is -0.163. The summed E-state index contributed by atoms with van der Waals surface area (Å²) in [5.74, 6) is 2.48. The Morgan fingerprint density at radius 1 is 1.20 bits per heavy atom. The lowest BCUT2D eigenvalue weighted by atomic mass is 10.1. The summed E-state index contributed by atoms with van der Waals surface area (Å²) in [5, 5.41) is 17.3. The molecule has 1 saturated heterocycles. The highest BCUT2D eigenvalue weighted by molar-refractivity contribution is 4.99. The first kappa shape index (κ1) is 18.0. The minimum Gasteiger partial charge on any atom is -0.339 e. The van der Waals surface area contributed by atoms with Crippen LogP contribution in [0.5, 0.6) is 0 Å². The molecule has 0 aliphatic carbocycles. The highest BCUT2D eigenvalue weighted by Crippen LogP contribution is 2.30. The van der Waals surface area contributed by atoms with Crippen molar-refractivity contribution in [2.75, 3.05) is 6.54 Å². The average Bonchev–Trinajstić information content (AvgIpc) is 3.14. The van der Waals surface area contributed by atoms with Crippen molar-refractivity contribution in [3.8, 4) is 0 Å². The van der Waals surface area contributed by atoms with Crippen LogP contribution in [0.1, 0.15) is 89.8 Å². The van der Waals surface area contributed by atoms with Gasteiger partial charge in [0.15, 0.2) is 11.6 Å². The first-order chi connectivity index (χ1) is 11.8. The molecule has 1 aliphatic heterocycles. The van der Waals surface area contributed by atoms with Gasteiger partial charge < -0.3 is 4.52 Å². The molecule has 0 radical (unpaired) electrons. The van der Waals surface area contributed by atoms with Crippen LogP contribution in [0.4, 0.5) is 0 Å². The zero-order valence-corrected chi connectivity index (χ0v) is 15.9. The Kier molecular flexibility index (Phi) is 5.17. The standard InChI is InChI=1S/C17H29N7O/c1-12(2)16-18-15(21-25-16)13-9-7-6-8-10-23(13)11-14-19-22-24(20-14)17(3,4)5/h12-13H,6-11H2,1-5H3. The number of aromatic nitrogens is 6. The van der Waals surface area contributed by atoms with Gasteiger partial charge in [-0.3, -0.25) is 4.90 Å². The molecular formula is C17H29N7O. The molecule has 1 fully saturated rings. The van der Waals surface area contributed by atoms with Crippen LogP contribution in [0.3, 0.4) is 0 Å². The molecule has 138 valence electrons. The molecule has 25 heavy (non-hydrogen) atoms. The molecule has 0 N–H and O–H groups in total. The van der Waals surface area contributed by atoms with Crippen LogP contribution in [0.15, 0.2) is 4.52 Å². The fourth-order valence-corrected chi connectivity index (χ4v) is 3.04. The summed E-state index contributed by atoms with van der Waals surface area (Å²) in [6, 6.07) is 0.153. The molecule has 0 saturated carbocycles. The van der Waals surface area contributed by atoms with Crippen molar-refractivity contribution in [1.82, 2.24) is 35.2 Å². The Hall–Kier alpha value is -1.83. The summed E-state index contributed by atoms with van der Waals surface area (Å²) in [7, 11) is 0. The van der Waals surface area contributed by atoms with Crippen molar-refractivity contribution in [1.29, 1.82) is 0 Å². The summed E-state index contributed by atoms with van der Waals surface area (Å²) in [6.07, 6.45) is 4.60. The smallest absolute Gasteiger partial charge is 0.229 e. The van der Waals surface area contributed by atoms with Gasteiger partial charge in [-0.25, -0.2) is 0 Å². The van der Waals surface area contributed by atoms with Crippen LogP contribution in [-0.2, 0) is 12.1 Å². The van der Waals surface area contributed by atoms with Gasteiger partial charge in [0.2, 0.25) is 5.89 Å². The van der Waals surface area contributed by atoms with E-state index in [-0.39, 0.29) is 17.5 Å². The number of rotatable bonds is 4. The van der Waals surface area contributed by atoms with E-state index in [0.29, 0.717) is 12.4 Å². The average molecular weight is 347 g/mol. The number of tetrazole rings is 1. The van der Waals surface area contributed by atoms with Crippen LogP contribution in [0, 0.1) is 0 Å². The van der Waals surface area contributed by atoms with Gasteiger partial charge in [-0.15, -0.1) is 10.2 Å². The second kappa shape index (κ2) is 7.19. The predicted octanol–water partition coefficient (Wildman–Crippen LogP) is 3.05. The maximum atomic E-state index is 5.43. The minimum atomic E-state index is -0.163. The first-order valence-corrected chi connectivity index (χ1v) is 9.21. The summed E-state index contributed by atoms with van der Waals surface area (Å²) < 4.78 is 5.43. The minimum absolute atomic E-state index is 0.153. The lowest BCUT2D eigenvalue weighted by Gasteiger charge is -2.26. The van der Waals surface area contributed by atoms with Crippen molar-refractivity contribution in [3.05, 3.63) is 17.5 Å². The van der Waals surface area contributed by atoms with Crippen LogP contribution in [0.2, 0.25) is 0 Å². The van der Waals surface area contributed by atoms with E-state index in [9.17, 15) is 0 Å². The second-order valence-electron chi connectivity index (χ2n) is 8.15. The summed E-state index contributed by atoms with van der Waals surface area (Å²) >= 11 is 0. The van der Waals surface area contributed by atoms with Crippen LogP contribution < -0.4 is 0 Å². The molecule has 2 aromatic heterocycles. The Bertz CT molecular complexity index is 685. The molecule has 1 aliphatic rings. The van der Waals surface area contributed by atoms with Crippen molar-refractivity contribution in [2.24, 2.45) is 0 Å². The Balaban J connectivity index is 1.79. The number of likely N-dealkylation sites (tertiary alicyclic amines) is 1. The largest absolute Gasteiger partial charge is 0.339 e. The zero-order valence-electron chi connectivity index (χ0n) is 15.9. The monoisotopic (exact) mass is 347 g/mol. The first-order valence-electron chi connectivity index (χ1n) is 9.21. The van der Waals surface area contributed by atoms with Crippen molar-refractivity contribution < 1.29 is 4.52 Å². The van der Waals surface area contributed by atoms with E-state index in [1.54, 1.807) is 4.80 Å². The van der Waals surface area contributed by atoms with E-state index < -0.39 is 0 Å². The predicted molar refractivity (Wildman–Crippen MR) is 92.8 cm³/mol. The Labute approximate surface area is 149 Å². The van der Waals surface area contributed by atoms with Gasteiger partial charge in [-0.2, -0.15) is 9.78 Å². The molecule has 8 heteroatoms. The fraction of sp³-hybridized carbons (Fsp3) is 0.824. The van der Waals surface area contributed by atoms with Gasteiger partial charge in [-0.05, 0) is 45.4 Å². The molecule has 1 unspecified atom stereocenters. The molecule has 1 atom stereocenters. The topological polar surface area (TPSA) is 85.8 Å². The zero-order chi connectivity index (χ0) is 18.0. The van der Waals surface area contributed by atoms with E-state index in [0.717, 1.165) is 24.6 Å². The maximum absolute atomic E-state index is 5.43. The fourth-order valence-electron chi connectivity index (χ4n) is 3.04. The van der Waals surface area contributed by atoms with Gasteiger partial charge in [0, 0.05) is 5.92 Å². The van der Waals surface area contributed by atoms with Gasteiger partial charge in [-0.1, -0.05) is 31.8 Å². The van der Waals surface area contributed by atoms with Gasteiger partial charge >= 0.3 is 0 Å². The van der Waals surface area contributed by atoms with Crippen molar-refractivity contribution in [2.45, 2.75) is 84.3 Å². The highest BCUT2D eigenvalue weighted by atomic mass is 16.5. The quantitative estimate of drug-likeness (QED) is 0.840. The molecule has 8 nitrogen and oxygen atoms in total. The van der Waals surface area contributed by atoms with E-state index in [1.807, 2.05) is 0 Å². The lowest BCUT2D eigenvalue weighted by Crippen LogP contribution is -2.30. The highest BCUT2D eigenvalue weighted by Gasteiger charge is 2.29. The van der Waals surface area contributed by atoms with Crippen molar-refractivity contribution in [3.63, 3.8) is 0 Å². The molecule has 0 spiro atoms. The number of hydrogen-bond acceptors (Lipinski definition) is 7. The normalized spacial score (nSPS) is 20.2.